The predicted molar refractivity (Wildman–Crippen MR) is 113 cm³/mol. The van der Waals surface area contributed by atoms with Gasteiger partial charge < -0.3 is 15.4 Å². The Hall–Kier alpha value is -2.45. The maximum atomic E-state index is 12.8. The number of esters is 1. The molecule has 156 valence electrons. The van der Waals surface area contributed by atoms with Gasteiger partial charge in [0, 0.05) is 16.0 Å². The van der Waals surface area contributed by atoms with Gasteiger partial charge in [-0.05, 0) is 37.1 Å². The van der Waals surface area contributed by atoms with E-state index < -0.39 is 6.04 Å². The number of nitrogens with zero attached hydrogens (tertiary/aromatic N) is 1. The summed E-state index contributed by atoms with van der Waals surface area (Å²) in [5.74, 6) is -1.18. The van der Waals surface area contributed by atoms with Crippen LogP contribution in [0.5, 0.6) is 0 Å². The molecular formula is C20H24ClN3O4S. The summed E-state index contributed by atoms with van der Waals surface area (Å²) < 4.78 is 4.90. The highest BCUT2D eigenvalue weighted by atomic mass is 35.5. The summed E-state index contributed by atoms with van der Waals surface area (Å²) in [5, 5.41) is 8.10. The summed E-state index contributed by atoms with van der Waals surface area (Å²) in [4.78, 5) is 41.1. The van der Waals surface area contributed by atoms with Crippen molar-refractivity contribution in [3.63, 3.8) is 0 Å². The van der Waals surface area contributed by atoms with Crippen molar-refractivity contribution in [2.45, 2.75) is 39.7 Å². The highest BCUT2D eigenvalue weighted by Crippen LogP contribution is 2.18. The number of halogens is 1. The van der Waals surface area contributed by atoms with E-state index in [0.717, 1.165) is 0 Å². The molecule has 0 aliphatic carbocycles. The van der Waals surface area contributed by atoms with Crippen LogP contribution >= 0.6 is 22.9 Å². The smallest absolute Gasteiger partial charge is 0.311 e. The van der Waals surface area contributed by atoms with Crippen molar-refractivity contribution in [1.82, 2.24) is 10.3 Å². The lowest BCUT2D eigenvalue weighted by atomic mass is 9.98. The third-order valence-corrected chi connectivity index (χ3v) is 5.36. The zero-order valence-electron chi connectivity index (χ0n) is 16.5. The molecule has 0 saturated carbocycles. The normalized spacial score (nSPS) is 12.7. The minimum Gasteiger partial charge on any atom is -0.466 e. The van der Waals surface area contributed by atoms with Crippen LogP contribution in [0.4, 0.5) is 5.13 Å². The molecule has 0 bridgehead atoms. The molecule has 2 atom stereocenters. The standard InChI is InChI=1S/C20H24ClN3O4S/c1-4-12(3)17(23-18(26)13-6-8-14(21)9-7-13)19(27)24-20-22-15(11-29-20)10-16(25)28-5-2/h6-9,11-12,17H,4-5,10H2,1-3H3,(H,23,26)(H,22,24,27)/t12-,17+/m0/s1. The summed E-state index contributed by atoms with van der Waals surface area (Å²) in [6.07, 6.45) is 0.743. The van der Waals surface area contributed by atoms with Crippen molar-refractivity contribution in [3.05, 3.63) is 45.9 Å². The van der Waals surface area contributed by atoms with Gasteiger partial charge in [0.05, 0.1) is 18.7 Å². The molecule has 0 aliphatic heterocycles. The van der Waals surface area contributed by atoms with Crippen LogP contribution in [-0.4, -0.2) is 35.4 Å². The molecule has 2 amide bonds. The Labute approximate surface area is 178 Å². The van der Waals surface area contributed by atoms with Crippen molar-refractivity contribution in [2.75, 3.05) is 11.9 Å². The van der Waals surface area contributed by atoms with E-state index in [1.165, 1.54) is 11.3 Å². The minimum atomic E-state index is -0.736. The first-order valence-corrected chi connectivity index (χ1v) is 10.6. The maximum Gasteiger partial charge on any atom is 0.311 e. The van der Waals surface area contributed by atoms with Crippen LogP contribution in [0.3, 0.4) is 0 Å². The summed E-state index contributed by atoms with van der Waals surface area (Å²) in [5.41, 5.74) is 0.940. The van der Waals surface area contributed by atoms with Gasteiger partial charge in [0.1, 0.15) is 6.04 Å². The van der Waals surface area contributed by atoms with E-state index in [1.54, 1.807) is 36.6 Å². The van der Waals surface area contributed by atoms with E-state index in [2.05, 4.69) is 15.6 Å². The average Bonchev–Trinajstić information content (AvgIpc) is 3.12. The van der Waals surface area contributed by atoms with E-state index in [-0.39, 0.29) is 30.1 Å². The molecule has 0 radical (unpaired) electrons. The van der Waals surface area contributed by atoms with Gasteiger partial charge in [0.15, 0.2) is 5.13 Å². The lowest BCUT2D eigenvalue weighted by molar-refractivity contribution is -0.142. The Morgan fingerprint density at radius 3 is 2.52 bits per heavy atom. The molecule has 1 aromatic heterocycles. The fourth-order valence-electron chi connectivity index (χ4n) is 2.52. The second-order valence-electron chi connectivity index (χ2n) is 6.46. The zero-order valence-corrected chi connectivity index (χ0v) is 18.1. The Morgan fingerprint density at radius 1 is 1.21 bits per heavy atom. The molecule has 1 heterocycles. The van der Waals surface area contributed by atoms with Crippen LogP contribution in [-0.2, 0) is 20.7 Å². The van der Waals surface area contributed by atoms with Crippen LogP contribution in [0.25, 0.3) is 0 Å². The monoisotopic (exact) mass is 437 g/mol. The summed E-state index contributed by atoms with van der Waals surface area (Å²) in [6.45, 7) is 5.87. The van der Waals surface area contributed by atoms with Gasteiger partial charge >= 0.3 is 5.97 Å². The van der Waals surface area contributed by atoms with E-state index in [1.807, 2.05) is 13.8 Å². The van der Waals surface area contributed by atoms with Crippen LogP contribution in [0.1, 0.15) is 43.2 Å². The van der Waals surface area contributed by atoms with Gasteiger partial charge in [-0.25, -0.2) is 4.98 Å². The van der Waals surface area contributed by atoms with Crippen molar-refractivity contribution in [2.24, 2.45) is 5.92 Å². The number of hydrogen-bond acceptors (Lipinski definition) is 6. The second-order valence-corrected chi connectivity index (χ2v) is 7.75. The van der Waals surface area contributed by atoms with Crippen LogP contribution < -0.4 is 10.6 Å². The number of anilines is 1. The van der Waals surface area contributed by atoms with Gasteiger partial charge in [0.2, 0.25) is 5.91 Å². The van der Waals surface area contributed by atoms with E-state index in [9.17, 15) is 14.4 Å². The summed E-state index contributed by atoms with van der Waals surface area (Å²) in [6, 6.07) is 5.71. The molecule has 0 unspecified atom stereocenters. The number of aromatic nitrogens is 1. The van der Waals surface area contributed by atoms with Gasteiger partial charge in [-0.15, -0.1) is 11.3 Å². The maximum absolute atomic E-state index is 12.8. The lowest BCUT2D eigenvalue weighted by Gasteiger charge is -2.23. The third-order valence-electron chi connectivity index (χ3n) is 4.30. The molecule has 0 spiro atoms. The van der Waals surface area contributed by atoms with Crippen molar-refractivity contribution in [3.8, 4) is 0 Å². The summed E-state index contributed by atoms with van der Waals surface area (Å²) >= 11 is 7.07. The molecule has 2 aromatic rings. The highest BCUT2D eigenvalue weighted by Gasteiger charge is 2.27. The van der Waals surface area contributed by atoms with Crippen LogP contribution in [0, 0.1) is 5.92 Å². The number of hydrogen-bond donors (Lipinski definition) is 2. The molecule has 0 aliphatic rings. The first kappa shape index (κ1) is 22.8. The molecule has 1 aromatic carbocycles. The van der Waals surface area contributed by atoms with Gasteiger partial charge in [-0.3, -0.25) is 14.4 Å². The van der Waals surface area contributed by atoms with E-state index >= 15 is 0 Å². The number of ether oxygens (including phenoxy) is 1. The Bertz CT molecular complexity index is 854. The van der Waals surface area contributed by atoms with Crippen molar-refractivity contribution < 1.29 is 19.1 Å². The Kier molecular flexibility index (Phi) is 8.60. The number of amides is 2. The molecule has 29 heavy (non-hydrogen) atoms. The first-order chi connectivity index (χ1) is 13.8. The van der Waals surface area contributed by atoms with Crippen molar-refractivity contribution in [1.29, 1.82) is 0 Å². The number of thiazole rings is 1. The third kappa shape index (κ3) is 6.83. The predicted octanol–water partition coefficient (Wildman–Crippen LogP) is 3.69. The minimum absolute atomic E-state index is 0.0440. The van der Waals surface area contributed by atoms with Crippen LogP contribution in [0.15, 0.2) is 29.6 Å². The topological polar surface area (TPSA) is 97.4 Å². The number of rotatable bonds is 9. The fourth-order valence-corrected chi connectivity index (χ4v) is 3.36. The average molecular weight is 438 g/mol. The second kappa shape index (κ2) is 10.9. The Balaban J connectivity index is 2.05. The highest BCUT2D eigenvalue weighted by molar-refractivity contribution is 7.13. The first-order valence-electron chi connectivity index (χ1n) is 9.31. The largest absolute Gasteiger partial charge is 0.466 e. The molecule has 0 saturated heterocycles. The quantitative estimate of drug-likeness (QED) is 0.583. The molecule has 9 heteroatoms. The number of carbonyl (C=O) groups is 3. The number of carbonyl (C=O) groups excluding carboxylic acids is 3. The van der Waals surface area contributed by atoms with E-state index in [0.29, 0.717) is 34.4 Å². The summed E-state index contributed by atoms with van der Waals surface area (Å²) in [7, 11) is 0. The van der Waals surface area contributed by atoms with Crippen molar-refractivity contribution >= 4 is 45.9 Å². The zero-order chi connectivity index (χ0) is 21.4. The fraction of sp³-hybridized carbons (Fsp3) is 0.400. The molecule has 2 N–H and O–H groups in total. The van der Waals surface area contributed by atoms with Gasteiger partial charge in [-0.1, -0.05) is 31.9 Å². The molecule has 0 fully saturated rings. The SMILES string of the molecule is CCOC(=O)Cc1csc(NC(=O)[C@H](NC(=O)c2ccc(Cl)cc2)[C@@H](C)CC)n1. The van der Waals surface area contributed by atoms with Gasteiger partial charge in [-0.2, -0.15) is 0 Å². The number of nitrogens with one attached hydrogen (secondary N) is 2. The molecular weight excluding hydrogens is 414 g/mol. The lowest BCUT2D eigenvalue weighted by Crippen LogP contribution is -2.47. The van der Waals surface area contributed by atoms with Gasteiger partial charge in [0.25, 0.3) is 5.91 Å². The van der Waals surface area contributed by atoms with Crippen LogP contribution in [0.2, 0.25) is 5.02 Å². The van der Waals surface area contributed by atoms with E-state index in [4.69, 9.17) is 16.3 Å². The molecule has 2 rings (SSSR count). The number of benzene rings is 1. The molecule has 7 nitrogen and oxygen atoms in total. The Morgan fingerprint density at radius 2 is 1.90 bits per heavy atom.